The monoisotopic (exact) mass is 390 g/mol. The molecule has 1 aromatic rings. The first-order valence-corrected chi connectivity index (χ1v) is 9.94. The molecule has 2 unspecified atom stereocenters. The number of esters is 1. The Morgan fingerprint density at radius 1 is 1.29 bits per heavy atom. The maximum atomic E-state index is 13.0. The van der Waals surface area contributed by atoms with Crippen LogP contribution in [0.25, 0.3) is 0 Å². The summed E-state index contributed by atoms with van der Waals surface area (Å²) in [5, 5.41) is 12.6. The van der Waals surface area contributed by atoms with Crippen LogP contribution in [-0.4, -0.2) is 59.1 Å². The molecule has 1 fully saturated rings. The Labute approximate surface area is 166 Å². The zero-order valence-corrected chi connectivity index (χ0v) is 16.6. The fourth-order valence-corrected chi connectivity index (χ4v) is 3.47. The summed E-state index contributed by atoms with van der Waals surface area (Å²) in [7, 11) is 0. The molecule has 28 heavy (non-hydrogen) atoms. The zero-order valence-electron chi connectivity index (χ0n) is 16.6. The molecule has 1 aliphatic heterocycles. The van der Waals surface area contributed by atoms with Crippen LogP contribution in [0.15, 0.2) is 30.3 Å². The van der Waals surface area contributed by atoms with E-state index >= 15 is 0 Å². The molecule has 0 spiro atoms. The number of hydrogen-bond donors (Lipinski definition) is 2. The number of carbonyl (C=O) groups is 3. The molecule has 154 valence electrons. The van der Waals surface area contributed by atoms with Crippen LogP contribution >= 0.6 is 0 Å². The molecule has 7 nitrogen and oxygen atoms in total. The van der Waals surface area contributed by atoms with Gasteiger partial charge in [0.2, 0.25) is 5.91 Å². The summed E-state index contributed by atoms with van der Waals surface area (Å²) in [6.45, 7) is 4.11. The highest BCUT2D eigenvalue weighted by atomic mass is 16.5. The minimum absolute atomic E-state index is 0.232. The number of carboxylic acid groups (broad SMARTS) is 1. The van der Waals surface area contributed by atoms with Crippen molar-refractivity contribution < 1.29 is 24.2 Å². The van der Waals surface area contributed by atoms with Gasteiger partial charge >= 0.3 is 11.9 Å². The minimum Gasteiger partial charge on any atom is -0.480 e. The van der Waals surface area contributed by atoms with Gasteiger partial charge in [-0.05, 0) is 51.5 Å². The second-order valence-electron chi connectivity index (χ2n) is 7.09. The third-order valence-corrected chi connectivity index (χ3v) is 5.08. The van der Waals surface area contributed by atoms with Gasteiger partial charge in [-0.1, -0.05) is 30.3 Å². The average Bonchev–Trinajstić information content (AvgIpc) is 2.86. The normalized spacial score (nSPS) is 19.6. The summed E-state index contributed by atoms with van der Waals surface area (Å²) >= 11 is 0. The van der Waals surface area contributed by atoms with Crippen molar-refractivity contribution in [1.29, 1.82) is 0 Å². The molecule has 0 aliphatic carbocycles. The lowest BCUT2D eigenvalue weighted by Gasteiger charge is -2.30. The topological polar surface area (TPSA) is 95.9 Å². The zero-order chi connectivity index (χ0) is 20.5. The highest BCUT2D eigenvalue weighted by Crippen LogP contribution is 2.17. The first-order chi connectivity index (χ1) is 13.4. The van der Waals surface area contributed by atoms with Crippen LogP contribution in [-0.2, 0) is 25.5 Å². The number of rotatable bonds is 9. The molecule has 3 atom stereocenters. The fourth-order valence-electron chi connectivity index (χ4n) is 3.47. The highest BCUT2D eigenvalue weighted by Gasteiger charge is 2.35. The molecular formula is C21H30N2O5. The summed E-state index contributed by atoms with van der Waals surface area (Å²) in [6, 6.07) is 7.55. The molecule has 2 rings (SSSR count). The standard InChI is InChI=1S/C21H30N2O5/c1-3-28-21(27)15(2)23-14-8-7-11-17(19(23)24)22-18(20(25)26)13-12-16-9-5-4-6-10-16/h4-6,9-10,15,17-18,22H,3,7-8,11-14H2,1-2H3,(H,25,26)/t15?,17?,18-/m0/s1. The maximum Gasteiger partial charge on any atom is 0.328 e. The van der Waals surface area contributed by atoms with Crippen molar-refractivity contribution in [2.45, 2.75) is 64.1 Å². The van der Waals surface area contributed by atoms with Crippen LogP contribution in [0, 0.1) is 0 Å². The largest absolute Gasteiger partial charge is 0.480 e. The molecule has 0 radical (unpaired) electrons. The van der Waals surface area contributed by atoms with Crippen molar-refractivity contribution in [3.63, 3.8) is 0 Å². The number of amides is 1. The Balaban J connectivity index is 2.04. The number of carboxylic acids is 1. The van der Waals surface area contributed by atoms with Gasteiger partial charge in [0.15, 0.2) is 0 Å². The first kappa shape index (κ1) is 21.9. The van der Waals surface area contributed by atoms with E-state index in [1.807, 2.05) is 30.3 Å². The van der Waals surface area contributed by atoms with Crippen LogP contribution in [0.4, 0.5) is 0 Å². The van der Waals surface area contributed by atoms with Crippen LogP contribution < -0.4 is 5.32 Å². The Morgan fingerprint density at radius 2 is 2.00 bits per heavy atom. The Hall–Kier alpha value is -2.41. The van der Waals surface area contributed by atoms with Gasteiger partial charge in [0, 0.05) is 6.54 Å². The van der Waals surface area contributed by atoms with Crippen LogP contribution in [0.5, 0.6) is 0 Å². The van der Waals surface area contributed by atoms with E-state index in [0.717, 1.165) is 18.4 Å². The van der Waals surface area contributed by atoms with Crippen molar-refractivity contribution in [2.24, 2.45) is 0 Å². The molecule has 1 amide bonds. The lowest BCUT2D eigenvalue weighted by atomic mass is 10.0. The van der Waals surface area contributed by atoms with Crippen molar-refractivity contribution in [3.05, 3.63) is 35.9 Å². The van der Waals surface area contributed by atoms with Gasteiger partial charge in [-0.2, -0.15) is 0 Å². The summed E-state index contributed by atoms with van der Waals surface area (Å²) in [5.41, 5.74) is 1.06. The smallest absolute Gasteiger partial charge is 0.328 e. The number of hydrogen-bond acceptors (Lipinski definition) is 5. The van der Waals surface area contributed by atoms with Gasteiger partial charge in [-0.25, -0.2) is 4.79 Å². The van der Waals surface area contributed by atoms with Crippen molar-refractivity contribution in [2.75, 3.05) is 13.2 Å². The van der Waals surface area contributed by atoms with E-state index in [1.54, 1.807) is 13.8 Å². The van der Waals surface area contributed by atoms with Crippen molar-refractivity contribution in [3.8, 4) is 0 Å². The lowest BCUT2D eigenvalue weighted by Crippen LogP contribution is -2.54. The highest BCUT2D eigenvalue weighted by molar-refractivity contribution is 5.88. The summed E-state index contributed by atoms with van der Waals surface area (Å²) in [4.78, 5) is 38.3. The summed E-state index contributed by atoms with van der Waals surface area (Å²) in [6.07, 6.45) is 3.11. The van der Waals surface area contributed by atoms with E-state index < -0.39 is 30.1 Å². The Bertz CT molecular complexity index is 664. The Kier molecular flexibility index (Phi) is 8.44. The maximum absolute atomic E-state index is 13.0. The van der Waals surface area contributed by atoms with Crippen LogP contribution in [0.3, 0.4) is 0 Å². The molecule has 0 bridgehead atoms. The van der Waals surface area contributed by atoms with E-state index in [0.29, 0.717) is 25.8 Å². The van der Waals surface area contributed by atoms with E-state index in [4.69, 9.17) is 4.74 Å². The number of ether oxygens (including phenoxy) is 1. The number of carbonyl (C=O) groups excluding carboxylic acids is 2. The summed E-state index contributed by atoms with van der Waals surface area (Å²) < 4.78 is 5.04. The number of aryl methyl sites for hydroxylation is 1. The molecule has 1 aromatic carbocycles. The molecule has 1 aliphatic rings. The molecule has 7 heteroatoms. The van der Waals surface area contributed by atoms with Gasteiger partial charge in [-0.15, -0.1) is 0 Å². The third kappa shape index (κ3) is 6.05. The molecule has 1 heterocycles. The second-order valence-corrected chi connectivity index (χ2v) is 7.09. The molecular weight excluding hydrogens is 360 g/mol. The second kappa shape index (κ2) is 10.8. The lowest BCUT2D eigenvalue weighted by molar-refractivity contribution is -0.154. The molecule has 0 aromatic heterocycles. The predicted octanol–water partition coefficient (Wildman–Crippen LogP) is 1.99. The minimum atomic E-state index is -0.974. The van der Waals surface area contributed by atoms with E-state index in [-0.39, 0.29) is 12.5 Å². The number of nitrogens with zero attached hydrogens (tertiary/aromatic N) is 1. The SMILES string of the molecule is CCOC(=O)C(C)N1CCCCC(N[C@@H](CCc2ccccc2)C(=O)O)C1=O. The molecule has 1 saturated heterocycles. The number of aliphatic carboxylic acids is 1. The molecule has 2 N–H and O–H groups in total. The molecule has 0 saturated carbocycles. The number of benzene rings is 1. The van der Waals surface area contributed by atoms with E-state index in [2.05, 4.69) is 5.32 Å². The number of likely N-dealkylation sites (tertiary alicyclic amines) is 1. The first-order valence-electron chi connectivity index (χ1n) is 9.94. The van der Waals surface area contributed by atoms with Gasteiger partial charge in [-0.3, -0.25) is 14.9 Å². The van der Waals surface area contributed by atoms with Crippen molar-refractivity contribution in [1.82, 2.24) is 10.2 Å². The van der Waals surface area contributed by atoms with Crippen LogP contribution in [0.1, 0.15) is 45.1 Å². The van der Waals surface area contributed by atoms with Crippen molar-refractivity contribution >= 4 is 17.8 Å². The van der Waals surface area contributed by atoms with E-state index in [9.17, 15) is 19.5 Å². The third-order valence-electron chi connectivity index (χ3n) is 5.08. The predicted molar refractivity (Wildman–Crippen MR) is 105 cm³/mol. The Morgan fingerprint density at radius 3 is 2.64 bits per heavy atom. The number of nitrogens with one attached hydrogen (secondary N) is 1. The fraction of sp³-hybridized carbons (Fsp3) is 0.571. The quantitative estimate of drug-likeness (QED) is 0.626. The van der Waals surface area contributed by atoms with Gasteiger partial charge < -0.3 is 14.7 Å². The van der Waals surface area contributed by atoms with E-state index in [1.165, 1.54) is 4.90 Å². The van der Waals surface area contributed by atoms with Gasteiger partial charge in [0.1, 0.15) is 12.1 Å². The van der Waals surface area contributed by atoms with Gasteiger partial charge in [0.05, 0.1) is 12.6 Å². The van der Waals surface area contributed by atoms with Gasteiger partial charge in [0.25, 0.3) is 0 Å². The van der Waals surface area contributed by atoms with Crippen LogP contribution in [0.2, 0.25) is 0 Å². The summed E-state index contributed by atoms with van der Waals surface area (Å²) in [5.74, 6) is -1.64. The average molecular weight is 390 g/mol.